The van der Waals surface area contributed by atoms with Gasteiger partial charge in [-0.05, 0) is 47.4 Å². The van der Waals surface area contributed by atoms with Crippen molar-refractivity contribution in [2.75, 3.05) is 11.4 Å². The number of aromatic nitrogens is 1. The van der Waals surface area contributed by atoms with Crippen LogP contribution in [0.15, 0.2) is 42.7 Å². The molecule has 1 saturated heterocycles. The van der Waals surface area contributed by atoms with E-state index in [0.717, 1.165) is 28.8 Å². The number of fused-ring (bicyclic) bond motifs is 3. The van der Waals surface area contributed by atoms with Crippen LogP contribution < -0.4 is 10.2 Å². The first-order valence-corrected chi connectivity index (χ1v) is 7.91. The largest absolute Gasteiger partial charge is 0.442 e. The highest BCUT2D eigenvalue weighted by molar-refractivity contribution is 5.94. The summed E-state index contributed by atoms with van der Waals surface area (Å²) in [5.74, 6) is -0.125. The number of carbonyl (C=O) groups is 2. The van der Waals surface area contributed by atoms with Gasteiger partial charge < -0.3 is 10.1 Å². The summed E-state index contributed by atoms with van der Waals surface area (Å²) in [6.07, 6.45) is 3.59. The summed E-state index contributed by atoms with van der Waals surface area (Å²) >= 11 is 0. The molecule has 24 heavy (non-hydrogen) atoms. The summed E-state index contributed by atoms with van der Waals surface area (Å²) in [7, 11) is 0. The molecular formula is C18H17N3O3. The number of pyridine rings is 1. The Morgan fingerprint density at radius 2 is 2.08 bits per heavy atom. The molecule has 0 saturated carbocycles. The molecule has 0 spiro atoms. The van der Waals surface area contributed by atoms with E-state index in [2.05, 4.69) is 16.4 Å². The number of hydrogen-bond acceptors (Lipinski definition) is 4. The molecule has 2 amide bonds. The second-order valence-corrected chi connectivity index (χ2v) is 6.08. The van der Waals surface area contributed by atoms with Crippen molar-refractivity contribution >= 4 is 17.7 Å². The summed E-state index contributed by atoms with van der Waals surface area (Å²) in [5, 5.41) is 2.73. The van der Waals surface area contributed by atoms with Crippen LogP contribution >= 0.6 is 0 Å². The molecule has 1 fully saturated rings. The quantitative estimate of drug-likeness (QED) is 0.939. The van der Waals surface area contributed by atoms with Crippen molar-refractivity contribution in [1.29, 1.82) is 0 Å². The number of anilines is 1. The molecule has 0 bridgehead atoms. The molecule has 2 atom stereocenters. The van der Waals surface area contributed by atoms with Crippen LogP contribution in [0.1, 0.15) is 12.5 Å². The Hall–Kier alpha value is -2.89. The van der Waals surface area contributed by atoms with E-state index in [1.54, 1.807) is 17.3 Å². The van der Waals surface area contributed by atoms with E-state index in [-0.39, 0.29) is 24.1 Å². The fourth-order valence-electron chi connectivity index (χ4n) is 3.42. The van der Waals surface area contributed by atoms with Gasteiger partial charge in [0.15, 0.2) is 0 Å². The van der Waals surface area contributed by atoms with Crippen LogP contribution in [0.4, 0.5) is 10.5 Å². The van der Waals surface area contributed by atoms with Gasteiger partial charge in [0.05, 0.1) is 18.3 Å². The molecule has 1 N–H and O–H groups in total. The monoisotopic (exact) mass is 323 g/mol. The molecule has 4 rings (SSSR count). The molecule has 6 heteroatoms. The fourth-order valence-corrected chi connectivity index (χ4v) is 3.42. The van der Waals surface area contributed by atoms with E-state index < -0.39 is 0 Å². The van der Waals surface area contributed by atoms with Crippen LogP contribution in [0.25, 0.3) is 11.1 Å². The minimum atomic E-state index is -0.342. The van der Waals surface area contributed by atoms with Crippen LogP contribution in [-0.2, 0) is 16.0 Å². The Labute approximate surface area is 139 Å². The van der Waals surface area contributed by atoms with Crippen molar-refractivity contribution in [3.05, 3.63) is 48.3 Å². The number of rotatable bonds is 3. The zero-order valence-corrected chi connectivity index (χ0v) is 13.2. The highest BCUT2D eigenvalue weighted by Gasteiger charge is 2.47. The van der Waals surface area contributed by atoms with Gasteiger partial charge in [-0.25, -0.2) is 4.79 Å². The van der Waals surface area contributed by atoms with Gasteiger partial charge in [-0.1, -0.05) is 6.07 Å². The maximum absolute atomic E-state index is 12.2. The lowest BCUT2D eigenvalue weighted by Gasteiger charge is -2.16. The Morgan fingerprint density at radius 1 is 1.29 bits per heavy atom. The molecule has 2 unspecified atom stereocenters. The molecule has 122 valence electrons. The summed E-state index contributed by atoms with van der Waals surface area (Å²) in [6, 6.07) is 9.95. The lowest BCUT2D eigenvalue weighted by Crippen LogP contribution is -2.40. The lowest BCUT2D eigenvalue weighted by atomic mass is 10.0. The average Bonchev–Trinajstić information content (AvgIpc) is 3.11. The Morgan fingerprint density at radius 3 is 2.83 bits per heavy atom. The minimum absolute atomic E-state index is 0.0629. The normalized spacial score (nSPS) is 21.2. The standard InChI is InChI=1S/C18H17N3O3/c1-11(22)20-10-17-16-9-14-8-13(12-4-6-19-7-5-12)2-3-15(14)21(16)18(23)24-17/h2-8,16-17H,9-10H2,1H3,(H,20,22). The second kappa shape index (κ2) is 5.63. The van der Waals surface area contributed by atoms with Crippen molar-refractivity contribution in [3.8, 4) is 11.1 Å². The third-order valence-corrected chi connectivity index (χ3v) is 4.54. The third-order valence-electron chi connectivity index (χ3n) is 4.54. The fraction of sp³-hybridized carbons (Fsp3) is 0.278. The third kappa shape index (κ3) is 2.40. The number of nitrogens with one attached hydrogen (secondary N) is 1. The summed E-state index contributed by atoms with van der Waals surface area (Å²) in [5.41, 5.74) is 4.22. The predicted molar refractivity (Wildman–Crippen MR) is 88.6 cm³/mol. The van der Waals surface area contributed by atoms with Gasteiger partial charge in [-0.2, -0.15) is 0 Å². The van der Waals surface area contributed by atoms with Crippen LogP contribution in [0.3, 0.4) is 0 Å². The molecule has 0 radical (unpaired) electrons. The van der Waals surface area contributed by atoms with Crippen molar-refractivity contribution in [3.63, 3.8) is 0 Å². The maximum atomic E-state index is 12.2. The second-order valence-electron chi connectivity index (χ2n) is 6.08. The molecule has 0 aliphatic carbocycles. The van der Waals surface area contributed by atoms with E-state index in [1.807, 2.05) is 24.3 Å². The van der Waals surface area contributed by atoms with Gasteiger partial charge in [-0.3, -0.25) is 14.7 Å². The maximum Gasteiger partial charge on any atom is 0.415 e. The summed E-state index contributed by atoms with van der Waals surface area (Å²) in [4.78, 5) is 29.1. The number of ether oxygens (including phenoxy) is 1. The summed E-state index contributed by atoms with van der Waals surface area (Å²) in [6.45, 7) is 1.80. The van der Waals surface area contributed by atoms with Crippen LogP contribution in [0.5, 0.6) is 0 Å². The van der Waals surface area contributed by atoms with E-state index in [9.17, 15) is 9.59 Å². The van der Waals surface area contributed by atoms with E-state index in [4.69, 9.17) is 4.74 Å². The molecule has 1 aromatic carbocycles. The van der Waals surface area contributed by atoms with E-state index in [0.29, 0.717) is 6.54 Å². The predicted octanol–water partition coefficient (Wildman–Crippen LogP) is 2.13. The van der Waals surface area contributed by atoms with Gasteiger partial charge >= 0.3 is 6.09 Å². The van der Waals surface area contributed by atoms with Crippen molar-refractivity contribution in [2.45, 2.75) is 25.5 Å². The lowest BCUT2D eigenvalue weighted by molar-refractivity contribution is -0.119. The smallest absolute Gasteiger partial charge is 0.415 e. The molecule has 3 heterocycles. The number of amides is 2. The first kappa shape index (κ1) is 14.7. The van der Waals surface area contributed by atoms with Gasteiger partial charge in [0.2, 0.25) is 5.91 Å². The van der Waals surface area contributed by atoms with Gasteiger partial charge in [-0.15, -0.1) is 0 Å². The Bertz CT molecular complexity index is 806. The highest BCUT2D eigenvalue weighted by Crippen LogP contribution is 2.40. The van der Waals surface area contributed by atoms with Gasteiger partial charge in [0, 0.05) is 19.3 Å². The topological polar surface area (TPSA) is 71.5 Å². The SMILES string of the molecule is CC(=O)NCC1OC(=O)N2c3ccc(-c4ccncc4)cc3CC12. The first-order chi connectivity index (χ1) is 11.6. The number of hydrogen-bond donors (Lipinski definition) is 1. The number of carbonyl (C=O) groups excluding carboxylic acids is 2. The molecule has 2 aliphatic rings. The minimum Gasteiger partial charge on any atom is -0.442 e. The van der Waals surface area contributed by atoms with E-state index >= 15 is 0 Å². The molecule has 6 nitrogen and oxygen atoms in total. The van der Waals surface area contributed by atoms with E-state index in [1.165, 1.54) is 6.92 Å². The molecular weight excluding hydrogens is 306 g/mol. The number of nitrogens with zero attached hydrogens (tertiary/aromatic N) is 2. The number of cyclic esters (lactones) is 1. The molecule has 2 aromatic rings. The van der Waals surface area contributed by atoms with Gasteiger partial charge in [0.25, 0.3) is 0 Å². The zero-order valence-electron chi connectivity index (χ0n) is 13.2. The van der Waals surface area contributed by atoms with Crippen LogP contribution in [0, 0.1) is 0 Å². The molecule has 1 aromatic heterocycles. The van der Waals surface area contributed by atoms with Crippen molar-refractivity contribution in [1.82, 2.24) is 10.3 Å². The average molecular weight is 323 g/mol. The molecule has 2 aliphatic heterocycles. The van der Waals surface area contributed by atoms with Crippen molar-refractivity contribution < 1.29 is 14.3 Å². The van der Waals surface area contributed by atoms with Crippen LogP contribution in [0.2, 0.25) is 0 Å². The summed E-state index contributed by atoms with van der Waals surface area (Å²) < 4.78 is 5.41. The van der Waals surface area contributed by atoms with Crippen LogP contribution in [-0.4, -0.2) is 35.7 Å². The van der Waals surface area contributed by atoms with Crippen molar-refractivity contribution in [2.24, 2.45) is 0 Å². The first-order valence-electron chi connectivity index (χ1n) is 7.91. The zero-order chi connectivity index (χ0) is 16.7. The Kier molecular flexibility index (Phi) is 3.45. The van der Waals surface area contributed by atoms with Gasteiger partial charge in [0.1, 0.15) is 6.10 Å². The number of benzene rings is 1. The highest BCUT2D eigenvalue weighted by atomic mass is 16.6. The Balaban J connectivity index is 1.62.